The molecule has 2 aromatic rings. The summed E-state index contributed by atoms with van der Waals surface area (Å²) in [6, 6.07) is 9.71. The van der Waals surface area contributed by atoms with Crippen molar-refractivity contribution < 1.29 is 25.2 Å². The second-order valence-electron chi connectivity index (χ2n) is 5.57. The molecule has 2 heterocycles. The summed E-state index contributed by atoms with van der Waals surface area (Å²) in [5.74, 6) is 0. The number of hydrogen-bond acceptors (Lipinski definition) is 7. The van der Waals surface area contributed by atoms with Gasteiger partial charge in [-0.25, -0.2) is 4.68 Å². The van der Waals surface area contributed by atoms with Crippen LogP contribution in [0.1, 0.15) is 17.5 Å². The predicted molar refractivity (Wildman–Crippen MR) is 78.3 cm³/mol. The van der Waals surface area contributed by atoms with Gasteiger partial charge in [0, 0.05) is 6.42 Å². The highest BCUT2D eigenvalue weighted by Crippen LogP contribution is 2.27. The first-order valence-electron chi connectivity index (χ1n) is 7.35. The van der Waals surface area contributed by atoms with Gasteiger partial charge in [0.1, 0.15) is 24.4 Å². The van der Waals surface area contributed by atoms with Crippen molar-refractivity contribution in [2.75, 3.05) is 6.61 Å². The first-order chi connectivity index (χ1) is 11.1. The molecule has 0 amide bonds. The Kier molecular flexibility index (Phi) is 4.69. The maximum absolute atomic E-state index is 10.1. The van der Waals surface area contributed by atoms with Gasteiger partial charge in [0.25, 0.3) is 0 Å². The molecule has 0 unspecified atom stereocenters. The molecule has 124 valence electrons. The third kappa shape index (κ3) is 3.26. The second kappa shape index (κ2) is 6.73. The van der Waals surface area contributed by atoms with E-state index in [1.165, 1.54) is 4.68 Å². The van der Waals surface area contributed by atoms with E-state index in [4.69, 9.17) is 4.74 Å². The van der Waals surface area contributed by atoms with Crippen molar-refractivity contribution in [2.45, 2.75) is 37.1 Å². The van der Waals surface area contributed by atoms with E-state index < -0.39 is 37.3 Å². The lowest BCUT2D eigenvalue weighted by molar-refractivity contribution is -0.254. The summed E-state index contributed by atoms with van der Waals surface area (Å²) in [7, 11) is 0. The van der Waals surface area contributed by atoms with Crippen LogP contribution >= 0.6 is 0 Å². The van der Waals surface area contributed by atoms with Crippen molar-refractivity contribution in [3.8, 4) is 0 Å². The summed E-state index contributed by atoms with van der Waals surface area (Å²) in [6.07, 6.45) is -4.02. The number of aromatic nitrogens is 3. The molecule has 23 heavy (non-hydrogen) atoms. The number of hydrogen-bond donors (Lipinski definition) is 4. The number of benzene rings is 1. The number of rotatable bonds is 4. The van der Waals surface area contributed by atoms with E-state index in [9.17, 15) is 20.4 Å². The van der Waals surface area contributed by atoms with Crippen LogP contribution in [0.15, 0.2) is 36.5 Å². The van der Waals surface area contributed by atoms with Gasteiger partial charge in [-0.2, -0.15) is 0 Å². The van der Waals surface area contributed by atoms with Crippen LogP contribution in [0.4, 0.5) is 0 Å². The van der Waals surface area contributed by atoms with E-state index in [1.807, 2.05) is 30.3 Å². The minimum atomic E-state index is -1.44. The minimum Gasteiger partial charge on any atom is -0.394 e. The number of aliphatic hydroxyl groups is 4. The van der Waals surface area contributed by atoms with Crippen molar-refractivity contribution in [1.82, 2.24) is 15.0 Å². The molecule has 1 aromatic heterocycles. The predicted octanol–water partition coefficient (Wildman–Crippen LogP) is -1.16. The average molecular weight is 321 g/mol. The molecule has 0 saturated carbocycles. The number of ether oxygens (including phenoxy) is 1. The maximum atomic E-state index is 10.1. The first kappa shape index (κ1) is 16.0. The Morgan fingerprint density at radius 2 is 1.78 bits per heavy atom. The molecule has 1 aliphatic heterocycles. The van der Waals surface area contributed by atoms with Gasteiger partial charge in [0.05, 0.1) is 18.5 Å². The van der Waals surface area contributed by atoms with Crippen LogP contribution in [-0.2, 0) is 11.2 Å². The Hall–Kier alpha value is -1.84. The summed E-state index contributed by atoms with van der Waals surface area (Å²) in [5.41, 5.74) is 1.74. The lowest BCUT2D eigenvalue weighted by atomic mass is 9.98. The highest BCUT2D eigenvalue weighted by molar-refractivity contribution is 5.19. The Bertz CT molecular complexity index is 633. The zero-order valence-electron chi connectivity index (χ0n) is 12.3. The van der Waals surface area contributed by atoms with Gasteiger partial charge < -0.3 is 25.2 Å². The smallest absolute Gasteiger partial charge is 0.180 e. The molecule has 8 nitrogen and oxygen atoms in total. The molecule has 0 spiro atoms. The Labute approximate surface area is 132 Å². The number of nitrogens with zero attached hydrogens (tertiary/aromatic N) is 3. The molecule has 1 saturated heterocycles. The second-order valence-corrected chi connectivity index (χ2v) is 5.57. The average Bonchev–Trinajstić information content (AvgIpc) is 3.02. The molecule has 5 atom stereocenters. The van der Waals surface area contributed by atoms with Crippen molar-refractivity contribution in [1.29, 1.82) is 0 Å². The van der Waals surface area contributed by atoms with Crippen LogP contribution in [0, 0.1) is 0 Å². The molecule has 1 fully saturated rings. The lowest BCUT2D eigenvalue weighted by Crippen LogP contribution is -2.56. The van der Waals surface area contributed by atoms with Crippen LogP contribution in [0.25, 0.3) is 0 Å². The largest absolute Gasteiger partial charge is 0.394 e. The molecular weight excluding hydrogens is 302 g/mol. The topological polar surface area (TPSA) is 121 Å². The van der Waals surface area contributed by atoms with Crippen LogP contribution in [0.3, 0.4) is 0 Å². The van der Waals surface area contributed by atoms with Gasteiger partial charge in [-0.05, 0) is 5.56 Å². The molecule has 1 aromatic carbocycles. The fraction of sp³-hybridized carbons (Fsp3) is 0.467. The van der Waals surface area contributed by atoms with Crippen LogP contribution in [-0.4, -0.2) is 66.4 Å². The molecule has 3 rings (SSSR count). The minimum absolute atomic E-state index is 0.479. The van der Waals surface area contributed by atoms with E-state index in [0.29, 0.717) is 12.1 Å². The summed E-state index contributed by atoms with van der Waals surface area (Å²) in [6.45, 7) is -0.479. The zero-order chi connectivity index (χ0) is 16.4. The maximum Gasteiger partial charge on any atom is 0.180 e. The molecule has 0 bridgehead atoms. The molecule has 0 radical (unpaired) electrons. The van der Waals surface area contributed by atoms with Crippen LogP contribution in [0.5, 0.6) is 0 Å². The van der Waals surface area contributed by atoms with Crippen molar-refractivity contribution in [3.05, 3.63) is 47.8 Å². The van der Waals surface area contributed by atoms with Gasteiger partial charge in [-0.15, -0.1) is 5.10 Å². The van der Waals surface area contributed by atoms with E-state index in [0.717, 1.165) is 5.56 Å². The fourth-order valence-corrected chi connectivity index (χ4v) is 2.62. The first-order valence-corrected chi connectivity index (χ1v) is 7.35. The Balaban J connectivity index is 1.76. The van der Waals surface area contributed by atoms with Gasteiger partial charge in [-0.3, -0.25) is 0 Å². The molecule has 0 aliphatic carbocycles. The van der Waals surface area contributed by atoms with Gasteiger partial charge >= 0.3 is 0 Å². The van der Waals surface area contributed by atoms with E-state index in [1.54, 1.807) is 6.20 Å². The fourth-order valence-electron chi connectivity index (χ4n) is 2.62. The third-order valence-corrected chi connectivity index (χ3v) is 3.91. The van der Waals surface area contributed by atoms with E-state index in [-0.39, 0.29) is 0 Å². The molecular formula is C15H19N3O5. The molecule has 4 N–H and O–H groups in total. The van der Waals surface area contributed by atoms with Gasteiger partial charge in [0.2, 0.25) is 0 Å². The Morgan fingerprint density at radius 3 is 2.48 bits per heavy atom. The summed E-state index contributed by atoms with van der Waals surface area (Å²) >= 11 is 0. The highest BCUT2D eigenvalue weighted by Gasteiger charge is 2.44. The lowest BCUT2D eigenvalue weighted by Gasteiger charge is -2.39. The van der Waals surface area contributed by atoms with Gasteiger partial charge in [0.15, 0.2) is 6.23 Å². The van der Waals surface area contributed by atoms with Crippen molar-refractivity contribution >= 4 is 0 Å². The van der Waals surface area contributed by atoms with E-state index in [2.05, 4.69) is 10.3 Å². The summed E-state index contributed by atoms with van der Waals surface area (Å²) in [4.78, 5) is 0. The van der Waals surface area contributed by atoms with Crippen molar-refractivity contribution in [3.63, 3.8) is 0 Å². The third-order valence-electron chi connectivity index (χ3n) is 3.91. The summed E-state index contributed by atoms with van der Waals surface area (Å²) < 4.78 is 6.72. The SMILES string of the molecule is OC[C@H]1O[C@@H](n2cc(Cc3ccccc3)nn2)[C@H](O)[C@@H](O)[C@@H]1O. The highest BCUT2D eigenvalue weighted by atomic mass is 16.6. The van der Waals surface area contributed by atoms with Crippen LogP contribution < -0.4 is 0 Å². The van der Waals surface area contributed by atoms with E-state index >= 15 is 0 Å². The monoisotopic (exact) mass is 321 g/mol. The Morgan fingerprint density at radius 1 is 1.04 bits per heavy atom. The number of aliphatic hydroxyl groups excluding tert-OH is 4. The molecule has 1 aliphatic rings. The normalized spacial score (nSPS) is 31.2. The van der Waals surface area contributed by atoms with Crippen molar-refractivity contribution in [2.24, 2.45) is 0 Å². The van der Waals surface area contributed by atoms with Gasteiger partial charge in [-0.1, -0.05) is 35.5 Å². The standard InChI is InChI=1S/C15H19N3O5/c19-8-11-12(20)13(21)14(22)15(23-11)18-7-10(16-17-18)6-9-4-2-1-3-5-9/h1-5,7,11-15,19-22H,6,8H2/t11-,12-,13+,14-,15-/m1/s1. The molecule has 8 heteroatoms. The quantitative estimate of drug-likeness (QED) is 0.560. The summed E-state index contributed by atoms with van der Waals surface area (Å²) in [5, 5.41) is 46.8. The van der Waals surface area contributed by atoms with Crippen LogP contribution in [0.2, 0.25) is 0 Å². The zero-order valence-corrected chi connectivity index (χ0v) is 12.3.